The van der Waals surface area contributed by atoms with Crippen LogP contribution in [0.15, 0.2) is 18.2 Å². The number of hydrogen-bond donors (Lipinski definition) is 2. The summed E-state index contributed by atoms with van der Waals surface area (Å²) in [4.78, 5) is 0. The number of nitrogens with one attached hydrogen (secondary N) is 2. The Labute approximate surface area is 114 Å². The second-order valence-corrected chi connectivity index (χ2v) is 5.97. The minimum Gasteiger partial charge on any atom is -0.319 e. The zero-order valence-corrected chi connectivity index (χ0v) is 11.5. The largest absolute Gasteiger partial charge is 0.416 e. The molecule has 0 aliphatic carbocycles. The number of halogens is 4. The minimum atomic E-state index is -4.52. The quantitative estimate of drug-likeness (QED) is 0.876. The van der Waals surface area contributed by atoms with Gasteiger partial charge in [0, 0.05) is 6.54 Å². The topological polar surface area (TPSA) is 58.2 Å². The maximum absolute atomic E-state index is 12.4. The number of benzene rings is 1. The highest BCUT2D eigenvalue weighted by molar-refractivity contribution is 7.92. The predicted molar refractivity (Wildman–Crippen MR) is 67.8 cm³/mol. The second-order valence-electron chi connectivity index (χ2n) is 3.72. The summed E-state index contributed by atoms with van der Waals surface area (Å²) in [6.45, 7) is 0.216. The molecule has 0 fully saturated rings. The van der Waals surface area contributed by atoms with E-state index in [1.807, 2.05) is 0 Å². The molecule has 0 heterocycles. The Morgan fingerprint density at radius 3 is 2.42 bits per heavy atom. The first-order valence-corrected chi connectivity index (χ1v) is 7.20. The Bertz CT molecular complexity index is 546. The van der Waals surface area contributed by atoms with Crippen LogP contribution >= 0.6 is 11.6 Å². The third-order valence-corrected chi connectivity index (χ3v) is 3.77. The fraction of sp³-hybridized carbons (Fsp3) is 0.400. The summed E-state index contributed by atoms with van der Waals surface area (Å²) in [5.74, 6) is -0.207. The molecule has 9 heteroatoms. The lowest BCUT2D eigenvalue weighted by Crippen LogP contribution is -2.24. The van der Waals surface area contributed by atoms with Gasteiger partial charge < -0.3 is 5.32 Å². The molecule has 0 spiro atoms. The van der Waals surface area contributed by atoms with Gasteiger partial charge in [0.2, 0.25) is 10.0 Å². The number of alkyl halides is 3. The van der Waals surface area contributed by atoms with Crippen LogP contribution in [0.5, 0.6) is 0 Å². The molecule has 0 saturated carbocycles. The van der Waals surface area contributed by atoms with Gasteiger partial charge in [-0.3, -0.25) is 4.72 Å². The van der Waals surface area contributed by atoms with E-state index in [0.717, 1.165) is 12.1 Å². The van der Waals surface area contributed by atoms with Crippen LogP contribution in [0.1, 0.15) is 5.56 Å². The SMILES string of the molecule is CNCCS(=O)(=O)Nc1ccc(C(F)(F)F)cc1Cl. The molecule has 1 rings (SSSR count). The Balaban J connectivity index is 2.92. The van der Waals surface area contributed by atoms with Gasteiger partial charge in [-0.2, -0.15) is 13.2 Å². The summed E-state index contributed by atoms with van der Waals surface area (Å²) in [7, 11) is -2.06. The van der Waals surface area contributed by atoms with Crippen LogP contribution in [-0.4, -0.2) is 27.8 Å². The molecule has 1 aromatic rings. The van der Waals surface area contributed by atoms with Crippen LogP contribution < -0.4 is 10.0 Å². The first-order chi connectivity index (χ1) is 8.65. The summed E-state index contributed by atoms with van der Waals surface area (Å²) in [5, 5.41) is 2.35. The van der Waals surface area contributed by atoms with Crippen molar-refractivity contribution in [2.75, 3.05) is 24.1 Å². The van der Waals surface area contributed by atoms with E-state index >= 15 is 0 Å². The van der Waals surface area contributed by atoms with Gasteiger partial charge in [-0.1, -0.05) is 11.6 Å². The molecular formula is C10H12ClF3N2O2S. The molecule has 19 heavy (non-hydrogen) atoms. The minimum absolute atomic E-state index is 0.0780. The second kappa shape index (κ2) is 5.98. The molecule has 1 aromatic carbocycles. The molecule has 0 unspecified atom stereocenters. The lowest BCUT2D eigenvalue weighted by Gasteiger charge is -2.12. The van der Waals surface area contributed by atoms with Crippen molar-refractivity contribution in [1.29, 1.82) is 0 Å². The van der Waals surface area contributed by atoms with Crippen molar-refractivity contribution in [3.63, 3.8) is 0 Å². The van der Waals surface area contributed by atoms with Gasteiger partial charge in [-0.05, 0) is 25.2 Å². The Morgan fingerprint density at radius 1 is 1.32 bits per heavy atom. The van der Waals surface area contributed by atoms with E-state index in [4.69, 9.17) is 11.6 Å². The predicted octanol–water partition coefficient (Wildman–Crippen LogP) is 2.32. The zero-order valence-electron chi connectivity index (χ0n) is 9.88. The van der Waals surface area contributed by atoms with Crippen molar-refractivity contribution in [2.24, 2.45) is 0 Å². The monoisotopic (exact) mass is 316 g/mol. The maximum Gasteiger partial charge on any atom is 0.416 e. The molecule has 4 nitrogen and oxygen atoms in total. The highest BCUT2D eigenvalue weighted by Gasteiger charge is 2.31. The normalized spacial score (nSPS) is 12.5. The summed E-state index contributed by atoms with van der Waals surface area (Å²) in [6.07, 6.45) is -4.52. The van der Waals surface area contributed by atoms with E-state index in [1.165, 1.54) is 0 Å². The van der Waals surface area contributed by atoms with Crippen LogP contribution in [0.25, 0.3) is 0 Å². The van der Waals surface area contributed by atoms with E-state index in [0.29, 0.717) is 6.07 Å². The van der Waals surface area contributed by atoms with Crippen molar-refractivity contribution in [3.8, 4) is 0 Å². The van der Waals surface area contributed by atoms with Gasteiger partial charge in [0.25, 0.3) is 0 Å². The average Bonchev–Trinajstić information content (AvgIpc) is 2.27. The van der Waals surface area contributed by atoms with E-state index in [2.05, 4.69) is 10.0 Å². The van der Waals surface area contributed by atoms with Crippen molar-refractivity contribution >= 4 is 27.3 Å². The van der Waals surface area contributed by atoms with Gasteiger partial charge in [-0.15, -0.1) is 0 Å². The van der Waals surface area contributed by atoms with Gasteiger partial charge in [0.15, 0.2) is 0 Å². The summed E-state index contributed by atoms with van der Waals surface area (Å²) in [6, 6.07) is 2.43. The van der Waals surface area contributed by atoms with Crippen LogP contribution in [0.2, 0.25) is 5.02 Å². The summed E-state index contributed by atoms with van der Waals surface area (Å²) < 4.78 is 62.5. The fourth-order valence-corrected chi connectivity index (χ4v) is 2.60. The van der Waals surface area contributed by atoms with Crippen molar-refractivity contribution in [3.05, 3.63) is 28.8 Å². The fourth-order valence-electron chi connectivity index (χ4n) is 1.23. The van der Waals surface area contributed by atoms with E-state index in [1.54, 1.807) is 7.05 Å². The highest BCUT2D eigenvalue weighted by Crippen LogP contribution is 2.33. The van der Waals surface area contributed by atoms with Gasteiger partial charge in [-0.25, -0.2) is 8.42 Å². The maximum atomic E-state index is 12.4. The Kier molecular flexibility index (Phi) is 5.05. The lowest BCUT2D eigenvalue weighted by molar-refractivity contribution is -0.137. The van der Waals surface area contributed by atoms with Crippen molar-refractivity contribution in [2.45, 2.75) is 6.18 Å². The van der Waals surface area contributed by atoms with Crippen molar-refractivity contribution < 1.29 is 21.6 Å². The number of sulfonamides is 1. The molecule has 0 radical (unpaired) electrons. The Hall–Kier alpha value is -0.990. The molecule has 0 amide bonds. The lowest BCUT2D eigenvalue weighted by atomic mass is 10.2. The molecule has 2 N–H and O–H groups in total. The van der Waals surface area contributed by atoms with Gasteiger partial charge in [0.05, 0.1) is 22.0 Å². The van der Waals surface area contributed by atoms with E-state index in [9.17, 15) is 21.6 Å². The molecule has 0 atom stereocenters. The smallest absolute Gasteiger partial charge is 0.319 e. The number of hydrogen-bond acceptors (Lipinski definition) is 3. The standard InChI is InChI=1S/C10H12ClF3N2O2S/c1-15-4-5-19(17,18)16-9-3-2-7(6-8(9)11)10(12,13)14/h2-3,6,15-16H,4-5H2,1H3. The van der Waals surface area contributed by atoms with E-state index in [-0.39, 0.29) is 23.0 Å². The van der Waals surface area contributed by atoms with E-state index < -0.39 is 21.8 Å². The van der Waals surface area contributed by atoms with Crippen molar-refractivity contribution in [1.82, 2.24) is 5.32 Å². The third kappa shape index (κ3) is 4.88. The molecular weight excluding hydrogens is 305 g/mol. The molecule has 0 saturated heterocycles. The molecule has 0 bridgehead atoms. The molecule has 0 aliphatic rings. The molecule has 108 valence electrons. The van der Waals surface area contributed by atoms with Crippen LogP contribution in [0.4, 0.5) is 18.9 Å². The Morgan fingerprint density at radius 2 is 1.95 bits per heavy atom. The van der Waals surface area contributed by atoms with Crippen LogP contribution in [0.3, 0.4) is 0 Å². The van der Waals surface area contributed by atoms with Crippen LogP contribution in [-0.2, 0) is 16.2 Å². The third-order valence-electron chi connectivity index (χ3n) is 2.18. The summed E-state index contributed by atoms with van der Waals surface area (Å²) >= 11 is 5.63. The molecule has 0 aliphatic heterocycles. The van der Waals surface area contributed by atoms with Crippen LogP contribution in [0, 0.1) is 0 Å². The van der Waals surface area contributed by atoms with Gasteiger partial charge in [0.1, 0.15) is 0 Å². The zero-order chi connectivity index (χ0) is 14.7. The number of rotatable bonds is 5. The first kappa shape index (κ1) is 16.1. The highest BCUT2D eigenvalue weighted by atomic mass is 35.5. The summed E-state index contributed by atoms with van der Waals surface area (Å²) in [5.41, 5.74) is -1.01. The first-order valence-electron chi connectivity index (χ1n) is 5.17. The average molecular weight is 317 g/mol. The molecule has 0 aromatic heterocycles. The van der Waals surface area contributed by atoms with Gasteiger partial charge >= 0.3 is 6.18 Å². The number of anilines is 1.